The first kappa shape index (κ1) is 25.9. The van der Waals surface area contributed by atoms with Gasteiger partial charge in [-0.3, -0.25) is 9.59 Å². The van der Waals surface area contributed by atoms with E-state index in [9.17, 15) is 18.4 Å². The number of likely N-dealkylation sites (tertiary alicyclic amines) is 1. The Hall–Kier alpha value is -3.21. The Morgan fingerprint density at radius 3 is 2.61 bits per heavy atom. The lowest BCUT2D eigenvalue weighted by Crippen LogP contribution is -2.40. The van der Waals surface area contributed by atoms with Crippen LogP contribution in [0.25, 0.3) is 11.5 Å². The molecule has 0 spiro atoms. The Morgan fingerprint density at radius 1 is 1.22 bits per heavy atom. The summed E-state index contributed by atoms with van der Waals surface area (Å²) in [4.78, 5) is 31.4. The quantitative estimate of drug-likeness (QED) is 0.504. The fraction of sp³-hybridized carbons (Fsp3) is 0.560. The molecule has 9 nitrogen and oxygen atoms in total. The van der Waals surface area contributed by atoms with Crippen molar-refractivity contribution in [1.82, 2.24) is 15.2 Å². The molecular weight excluding hydrogens is 474 g/mol. The fourth-order valence-corrected chi connectivity index (χ4v) is 3.94. The highest BCUT2D eigenvalue weighted by Gasteiger charge is 2.33. The summed E-state index contributed by atoms with van der Waals surface area (Å²) in [5.74, 6) is 0.251. The Balaban J connectivity index is 1.56. The number of oxazole rings is 1. The van der Waals surface area contributed by atoms with E-state index in [-0.39, 0.29) is 52.6 Å². The molecule has 1 aromatic heterocycles. The summed E-state index contributed by atoms with van der Waals surface area (Å²) in [5, 5.41) is 2.95. The van der Waals surface area contributed by atoms with E-state index < -0.39 is 12.7 Å². The van der Waals surface area contributed by atoms with Gasteiger partial charge in [-0.25, -0.2) is 4.98 Å². The van der Waals surface area contributed by atoms with Crippen LogP contribution in [0.15, 0.2) is 22.6 Å². The number of nitrogens with one attached hydrogen (secondary N) is 1. The second kappa shape index (κ2) is 10.8. The SMILES string of the molecule is CC(C)C(=O)N[C@@H]1CCN(C(=O)c2nc(-c3ccc(OC(F)F)c(OCC4CC4)c3)oc2C(C)N)C1. The predicted octanol–water partition coefficient (Wildman–Crippen LogP) is 3.74. The van der Waals surface area contributed by atoms with Crippen LogP contribution in [-0.4, -0.2) is 54.0 Å². The maximum absolute atomic E-state index is 13.3. The van der Waals surface area contributed by atoms with Gasteiger partial charge in [0.15, 0.2) is 23.0 Å². The summed E-state index contributed by atoms with van der Waals surface area (Å²) < 4.78 is 41.9. The number of hydrogen-bond acceptors (Lipinski definition) is 7. The molecule has 1 aliphatic carbocycles. The number of carbonyl (C=O) groups is 2. The van der Waals surface area contributed by atoms with E-state index in [1.54, 1.807) is 11.8 Å². The van der Waals surface area contributed by atoms with Gasteiger partial charge in [0, 0.05) is 30.6 Å². The van der Waals surface area contributed by atoms with Crippen molar-refractivity contribution in [2.45, 2.75) is 58.7 Å². The van der Waals surface area contributed by atoms with E-state index in [4.69, 9.17) is 14.9 Å². The third-order valence-electron chi connectivity index (χ3n) is 6.19. The number of nitrogens with two attached hydrogens (primary N) is 1. The molecule has 2 heterocycles. The predicted molar refractivity (Wildman–Crippen MR) is 127 cm³/mol. The van der Waals surface area contributed by atoms with Crippen LogP contribution in [0.2, 0.25) is 0 Å². The lowest BCUT2D eigenvalue weighted by molar-refractivity contribution is -0.124. The van der Waals surface area contributed by atoms with Crippen molar-refractivity contribution >= 4 is 11.8 Å². The van der Waals surface area contributed by atoms with Crippen LogP contribution in [0.4, 0.5) is 8.78 Å². The Labute approximate surface area is 208 Å². The lowest BCUT2D eigenvalue weighted by Gasteiger charge is -2.17. The van der Waals surface area contributed by atoms with E-state index >= 15 is 0 Å². The van der Waals surface area contributed by atoms with Crippen molar-refractivity contribution in [3.05, 3.63) is 29.7 Å². The zero-order valence-corrected chi connectivity index (χ0v) is 20.6. The van der Waals surface area contributed by atoms with E-state index in [1.807, 2.05) is 13.8 Å². The fourth-order valence-electron chi connectivity index (χ4n) is 3.94. The Morgan fingerprint density at radius 2 is 1.97 bits per heavy atom. The molecule has 2 amide bonds. The van der Waals surface area contributed by atoms with E-state index in [2.05, 4.69) is 15.0 Å². The average molecular weight is 507 g/mol. The zero-order chi connectivity index (χ0) is 26.0. The smallest absolute Gasteiger partial charge is 0.387 e. The molecule has 2 aliphatic rings. The number of halogens is 2. The molecule has 2 atom stereocenters. The largest absolute Gasteiger partial charge is 0.489 e. The van der Waals surface area contributed by atoms with Crippen molar-refractivity contribution < 1.29 is 32.3 Å². The number of rotatable bonds is 10. The first-order chi connectivity index (χ1) is 17.1. The molecule has 0 bridgehead atoms. The van der Waals surface area contributed by atoms with Crippen LogP contribution >= 0.6 is 0 Å². The molecule has 1 aliphatic heterocycles. The maximum Gasteiger partial charge on any atom is 0.387 e. The molecule has 2 fully saturated rings. The molecule has 1 saturated heterocycles. The summed E-state index contributed by atoms with van der Waals surface area (Å²) in [6.07, 6.45) is 2.70. The molecule has 196 valence electrons. The number of nitrogens with zero attached hydrogens (tertiary/aromatic N) is 2. The molecule has 36 heavy (non-hydrogen) atoms. The maximum atomic E-state index is 13.3. The highest BCUT2D eigenvalue weighted by atomic mass is 19.3. The van der Waals surface area contributed by atoms with Gasteiger partial charge in [0.25, 0.3) is 5.91 Å². The summed E-state index contributed by atoms with van der Waals surface area (Å²) in [6.45, 7) is 3.52. The highest BCUT2D eigenvalue weighted by molar-refractivity contribution is 5.94. The Kier molecular flexibility index (Phi) is 7.77. The van der Waals surface area contributed by atoms with Gasteiger partial charge in [0.05, 0.1) is 12.6 Å². The third kappa shape index (κ3) is 6.13. The summed E-state index contributed by atoms with van der Waals surface area (Å²) >= 11 is 0. The van der Waals surface area contributed by atoms with Gasteiger partial charge in [0.1, 0.15) is 0 Å². The first-order valence-electron chi connectivity index (χ1n) is 12.2. The molecule has 1 unspecified atom stereocenters. The van der Waals surface area contributed by atoms with Gasteiger partial charge in [-0.15, -0.1) is 0 Å². The Bertz CT molecular complexity index is 1100. The van der Waals surface area contributed by atoms with E-state index in [0.717, 1.165) is 12.8 Å². The van der Waals surface area contributed by atoms with Crippen LogP contribution in [0.5, 0.6) is 11.5 Å². The van der Waals surface area contributed by atoms with Crippen molar-refractivity contribution in [2.24, 2.45) is 17.6 Å². The van der Waals surface area contributed by atoms with Crippen molar-refractivity contribution in [3.8, 4) is 23.0 Å². The molecule has 11 heteroatoms. The summed E-state index contributed by atoms with van der Waals surface area (Å²) in [7, 11) is 0. The zero-order valence-electron chi connectivity index (χ0n) is 20.6. The van der Waals surface area contributed by atoms with Gasteiger partial charge < -0.3 is 29.8 Å². The van der Waals surface area contributed by atoms with Gasteiger partial charge in [-0.1, -0.05) is 13.8 Å². The van der Waals surface area contributed by atoms with Crippen LogP contribution < -0.4 is 20.5 Å². The van der Waals surface area contributed by atoms with Crippen LogP contribution in [0, 0.1) is 11.8 Å². The average Bonchev–Trinajstić information content (AvgIpc) is 3.35. The molecule has 3 N–H and O–H groups in total. The molecule has 0 radical (unpaired) electrons. The van der Waals surface area contributed by atoms with E-state index in [1.165, 1.54) is 18.2 Å². The number of amides is 2. The van der Waals surface area contributed by atoms with Crippen molar-refractivity contribution in [3.63, 3.8) is 0 Å². The number of hydrogen-bond donors (Lipinski definition) is 2. The molecule has 1 aromatic carbocycles. The monoisotopic (exact) mass is 506 g/mol. The third-order valence-corrected chi connectivity index (χ3v) is 6.19. The van der Waals surface area contributed by atoms with Crippen molar-refractivity contribution in [1.29, 1.82) is 0 Å². The summed E-state index contributed by atoms with van der Waals surface area (Å²) in [6, 6.07) is 3.64. The second-order valence-electron chi connectivity index (χ2n) is 9.72. The van der Waals surface area contributed by atoms with Crippen LogP contribution in [0.1, 0.15) is 62.3 Å². The number of alkyl halides is 2. The minimum absolute atomic E-state index is 0.0618. The molecular formula is C25H32F2N4O5. The van der Waals surface area contributed by atoms with Crippen molar-refractivity contribution in [2.75, 3.05) is 19.7 Å². The topological polar surface area (TPSA) is 120 Å². The number of aromatic nitrogens is 1. The van der Waals surface area contributed by atoms with Crippen LogP contribution in [-0.2, 0) is 4.79 Å². The normalized spacial score (nSPS) is 18.6. The van der Waals surface area contributed by atoms with E-state index in [0.29, 0.717) is 37.6 Å². The van der Waals surface area contributed by atoms with Gasteiger partial charge in [-0.2, -0.15) is 8.78 Å². The first-order valence-corrected chi connectivity index (χ1v) is 12.2. The number of carbonyl (C=O) groups excluding carboxylic acids is 2. The minimum atomic E-state index is -3.00. The summed E-state index contributed by atoms with van der Waals surface area (Å²) in [5.41, 5.74) is 6.60. The number of ether oxygens (including phenoxy) is 2. The second-order valence-corrected chi connectivity index (χ2v) is 9.72. The lowest BCUT2D eigenvalue weighted by atomic mass is 10.2. The highest BCUT2D eigenvalue weighted by Crippen LogP contribution is 2.37. The molecule has 2 aromatic rings. The van der Waals surface area contributed by atoms with Crippen LogP contribution in [0.3, 0.4) is 0 Å². The number of benzene rings is 1. The van der Waals surface area contributed by atoms with Gasteiger partial charge >= 0.3 is 6.61 Å². The molecule has 4 rings (SSSR count). The minimum Gasteiger partial charge on any atom is -0.489 e. The van der Waals surface area contributed by atoms with Gasteiger partial charge in [0.2, 0.25) is 11.8 Å². The molecule has 1 saturated carbocycles. The standard InChI is InChI=1S/C25H32F2N4O5/c1-13(2)22(32)29-17-8-9-31(11-17)24(33)20-21(14(3)28)36-23(30-20)16-6-7-18(35-25(26)27)19(10-16)34-12-15-4-5-15/h6-7,10,13-15,17,25H,4-5,8-9,11-12,28H2,1-3H3,(H,29,32)/t14?,17-/m1/s1. The van der Waals surface area contributed by atoms with Gasteiger partial charge in [-0.05, 0) is 50.3 Å².